The van der Waals surface area contributed by atoms with Gasteiger partial charge in [-0.05, 0) is 158 Å². The maximum absolute atomic E-state index is 12.1. The third-order valence-corrected chi connectivity index (χ3v) is 13.8. The summed E-state index contributed by atoms with van der Waals surface area (Å²) in [5, 5.41) is 16.0. The van der Waals surface area contributed by atoms with Gasteiger partial charge in [-0.1, -0.05) is 60.7 Å². The van der Waals surface area contributed by atoms with Gasteiger partial charge in [0.05, 0.1) is 0 Å². The lowest BCUT2D eigenvalue weighted by Crippen LogP contribution is -2.50. The summed E-state index contributed by atoms with van der Waals surface area (Å²) in [5.74, 6) is 2.10. The molecular formula is C47H54N4O3. The Kier molecular flexibility index (Phi) is 9.69. The van der Waals surface area contributed by atoms with Crippen molar-refractivity contribution in [1.29, 1.82) is 0 Å². The Balaban J connectivity index is 0.745. The van der Waals surface area contributed by atoms with E-state index in [1.807, 2.05) is 12.1 Å². The normalized spacial score (nSPS) is 24.8. The number of aromatic hydroxyl groups is 1. The van der Waals surface area contributed by atoms with Crippen molar-refractivity contribution in [3.05, 3.63) is 125 Å². The Bertz CT molecular complexity index is 1940. The minimum Gasteiger partial charge on any atom is -0.508 e. The van der Waals surface area contributed by atoms with Crippen molar-refractivity contribution in [2.24, 2.45) is 11.3 Å². The number of benzene rings is 4. The summed E-state index contributed by atoms with van der Waals surface area (Å²) < 4.78 is 0. The zero-order valence-corrected chi connectivity index (χ0v) is 31.4. The van der Waals surface area contributed by atoms with Gasteiger partial charge in [0, 0.05) is 43.3 Å². The van der Waals surface area contributed by atoms with Gasteiger partial charge in [-0.15, -0.1) is 0 Å². The van der Waals surface area contributed by atoms with Crippen molar-refractivity contribution < 1.29 is 14.7 Å². The summed E-state index contributed by atoms with van der Waals surface area (Å²) in [6.45, 7) is 5.90. The van der Waals surface area contributed by atoms with E-state index in [4.69, 9.17) is 0 Å². The second-order valence-electron chi connectivity index (χ2n) is 17.1. The Morgan fingerprint density at radius 1 is 0.741 bits per heavy atom. The minimum atomic E-state index is -0.342. The molecular weight excluding hydrogens is 669 g/mol. The predicted molar refractivity (Wildman–Crippen MR) is 215 cm³/mol. The molecule has 1 spiro atoms. The Labute approximate surface area is 320 Å². The molecule has 3 N–H and O–H groups in total. The highest BCUT2D eigenvalue weighted by atomic mass is 16.3. The van der Waals surface area contributed by atoms with Gasteiger partial charge in [-0.2, -0.15) is 0 Å². The van der Waals surface area contributed by atoms with Crippen LogP contribution in [0.3, 0.4) is 0 Å². The second-order valence-corrected chi connectivity index (χ2v) is 17.1. The van der Waals surface area contributed by atoms with Crippen LogP contribution in [0.4, 0.5) is 11.4 Å². The molecule has 3 heterocycles. The molecule has 3 saturated heterocycles. The van der Waals surface area contributed by atoms with E-state index < -0.39 is 0 Å². The maximum atomic E-state index is 12.1. The van der Waals surface area contributed by atoms with E-state index in [1.165, 1.54) is 91.7 Å². The number of carbonyl (C=O) groups excluding carboxylic acids is 2. The molecule has 7 heteroatoms. The third kappa shape index (κ3) is 7.27. The van der Waals surface area contributed by atoms with Gasteiger partial charge in [-0.3, -0.25) is 14.9 Å². The molecule has 2 amide bonds. The van der Waals surface area contributed by atoms with Crippen LogP contribution in [-0.4, -0.2) is 60.6 Å². The van der Waals surface area contributed by atoms with Crippen molar-refractivity contribution in [3.8, 4) is 5.75 Å². The molecule has 0 radical (unpaired) electrons. The summed E-state index contributed by atoms with van der Waals surface area (Å²) in [5.41, 5.74) is 9.65. The molecule has 4 fully saturated rings. The molecule has 5 aliphatic rings. The van der Waals surface area contributed by atoms with Gasteiger partial charge in [0.1, 0.15) is 11.8 Å². The quantitative estimate of drug-likeness (QED) is 0.159. The number of anilines is 2. The smallest absolute Gasteiger partial charge is 0.249 e. The molecule has 9 rings (SSSR count). The first-order chi connectivity index (χ1) is 26.4. The lowest BCUT2D eigenvalue weighted by atomic mass is 9.57. The number of aryl methyl sites for hydroxylation is 1. The Hall–Kier alpha value is -4.62. The zero-order chi connectivity index (χ0) is 36.6. The number of likely N-dealkylation sites (tertiary alicyclic amines) is 1. The van der Waals surface area contributed by atoms with Crippen LogP contribution in [0.1, 0.15) is 103 Å². The number of imide groups is 1. The van der Waals surface area contributed by atoms with E-state index in [-0.39, 0.29) is 23.8 Å². The van der Waals surface area contributed by atoms with Gasteiger partial charge >= 0.3 is 0 Å². The van der Waals surface area contributed by atoms with E-state index >= 15 is 0 Å². The van der Waals surface area contributed by atoms with Gasteiger partial charge in [0.2, 0.25) is 11.8 Å². The molecule has 54 heavy (non-hydrogen) atoms. The molecule has 1 saturated carbocycles. The third-order valence-electron chi connectivity index (χ3n) is 13.8. The maximum Gasteiger partial charge on any atom is 0.249 e. The lowest BCUT2D eigenvalue weighted by molar-refractivity contribution is -0.133. The van der Waals surface area contributed by atoms with Crippen molar-refractivity contribution in [3.63, 3.8) is 0 Å². The van der Waals surface area contributed by atoms with Gasteiger partial charge in [-0.25, -0.2) is 0 Å². The van der Waals surface area contributed by atoms with E-state index in [2.05, 4.69) is 105 Å². The zero-order valence-electron chi connectivity index (χ0n) is 31.4. The molecule has 3 aliphatic heterocycles. The number of phenolic OH excluding ortho intramolecular Hbond substituents is 1. The van der Waals surface area contributed by atoms with Gasteiger partial charge in [0.15, 0.2) is 0 Å². The summed E-state index contributed by atoms with van der Waals surface area (Å²) >= 11 is 0. The summed E-state index contributed by atoms with van der Waals surface area (Å²) in [6.07, 6.45) is 10.8. The van der Waals surface area contributed by atoms with Crippen molar-refractivity contribution in [2.75, 3.05) is 42.9 Å². The van der Waals surface area contributed by atoms with Crippen molar-refractivity contribution >= 4 is 23.2 Å². The number of fused-ring (bicyclic) bond motifs is 1. The second kappa shape index (κ2) is 14.9. The first-order valence-electron chi connectivity index (χ1n) is 20.5. The average molecular weight is 723 g/mol. The number of amides is 2. The number of rotatable bonds is 8. The molecule has 2 aliphatic carbocycles. The van der Waals surface area contributed by atoms with E-state index in [9.17, 15) is 14.7 Å². The fourth-order valence-corrected chi connectivity index (χ4v) is 10.8. The van der Waals surface area contributed by atoms with Crippen LogP contribution in [0, 0.1) is 11.3 Å². The average Bonchev–Trinajstić information content (AvgIpc) is 3.19. The van der Waals surface area contributed by atoms with E-state index in [1.54, 1.807) is 0 Å². The monoisotopic (exact) mass is 722 g/mol. The van der Waals surface area contributed by atoms with Gasteiger partial charge < -0.3 is 20.2 Å². The molecule has 7 nitrogen and oxygen atoms in total. The van der Waals surface area contributed by atoms with Crippen molar-refractivity contribution in [2.45, 2.75) is 88.0 Å². The summed E-state index contributed by atoms with van der Waals surface area (Å²) in [4.78, 5) is 28.9. The highest BCUT2D eigenvalue weighted by Crippen LogP contribution is 2.53. The van der Waals surface area contributed by atoms with Crippen LogP contribution in [-0.2, 0) is 16.0 Å². The molecule has 0 bridgehead atoms. The highest BCUT2D eigenvalue weighted by Gasteiger charge is 2.46. The van der Waals surface area contributed by atoms with E-state index in [0.29, 0.717) is 35.8 Å². The predicted octanol–water partition coefficient (Wildman–Crippen LogP) is 8.35. The number of nitrogens with one attached hydrogen (secondary N) is 2. The Morgan fingerprint density at radius 3 is 2.19 bits per heavy atom. The largest absolute Gasteiger partial charge is 0.508 e. The number of phenols is 1. The number of hydrogen-bond donors (Lipinski definition) is 3. The fourth-order valence-electron chi connectivity index (χ4n) is 10.8. The van der Waals surface area contributed by atoms with Crippen LogP contribution >= 0.6 is 0 Å². The van der Waals surface area contributed by atoms with Crippen molar-refractivity contribution in [1.82, 2.24) is 10.2 Å². The Morgan fingerprint density at radius 2 is 1.46 bits per heavy atom. The number of nitrogens with zero attached hydrogens (tertiary/aromatic N) is 2. The number of hydrogen-bond acceptors (Lipinski definition) is 6. The molecule has 0 aromatic heterocycles. The molecule has 4 aromatic carbocycles. The fraction of sp³-hybridized carbons (Fsp3) is 0.447. The molecule has 0 unspecified atom stereocenters. The molecule has 280 valence electrons. The summed E-state index contributed by atoms with van der Waals surface area (Å²) in [6, 6.07) is 34.7. The first kappa shape index (κ1) is 35.1. The molecule has 3 atom stereocenters. The minimum absolute atomic E-state index is 0.181. The lowest BCUT2D eigenvalue weighted by Gasteiger charge is -2.54. The SMILES string of the molecule is O=C1CC[C@@H](Nc2ccc(C3CCN(CC4CC5(CCN(c6ccc([C@@H]7c8ccc(O)cc8CC[C@@H]7c7ccccc7)cc6)CC5)C4)CC3)cc2)C(=O)N1. The molecule has 4 aromatic rings. The highest BCUT2D eigenvalue weighted by molar-refractivity contribution is 6.01. The first-order valence-corrected chi connectivity index (χ1v) is 20.5. The van der Waals surface area contributed by atoms with Crippen LogP contribution in [0.25, 0.3) is 0 Å². The standard InChI is InChI=1S/C47H54N4O3/c52-40-15-17-42-37(28-40)10-16-41(35-4-2-1-3-5-35)45(42)36-8-13-39(14-9-36)51-26-22-47(23-27-51)29-32(30-47)31-50-24-20-34(21-25-50)33-6-11-38(12-7-33)48-43-18-19-44(53)49-46(43)54/h1-9,11-15,17,28,32,34,41,43,45,48,52H,10,16,18-27,29-31H2,(H,49,53,54)/t41-,43-,45+/m1/s1. The van der Waals surface area contributed by atoms with Crippen LogP contribution < -0.4 is 15.5 Å². The van der Waals surface area contributed by atoms with Crippen LogP contribution in [0.2, 0.25) is 0 Å². The number of piperidine rings is 3. The summed E-state index contributed by atoms with van der Waals surface area (Å²) in [7, 11) is 0. The van der Waals surface area contributed by atoms with E-state index in [0.717, 1.165) is 37.5 Å². The van der Waals surface area contributed by atoms with Gasteiger partial charge in [0.25, 0.3) is 0 Å². The topological polar surface area (TPSA) is 84.9 Å². The van der Waals surface area contributed by atoms with Crippen LogP contribution in [0.5, 0.6) is 5.75 Å². The number of carbonyl (C=O) groups is 2. The van der Waals surface area contributed by atoms with Crippen LogP contribution in [0.15, 0.2) is 97.1 Å².